The van der Waals surface area contributed by atoms with Crippen molar-refractivity contribution < 1.29 is 22.8 Å². The molecule has 0 fully saturated rings. The van der Waals surface area contributed by atoms with Crippen LogP contribution in [0.25, 0.3) is 0 Å². The maximum Gasteiger partial charge on any atom is 0.276 e. The molecule has 8 heteroatoms. The van der Waals surface area contributed by atoms with E-state index in [1.165, 1.54) is 17.0 Å². The van der Waals surface area contributed by atoms with Gasteiger partial charge in [0.25, 0.3) is 5.91 Å². The van der Waals surface area contributed by atoms with Gasteiger partial charge in [-0.05, 0) is 23.8 Å². The molecule has 0 N–H and O–H groups in total. The van der Waals surface area contributed by atoms with Crippen LogP contribution in [0.3, 0.4) is 0 Å². The monoisotopic (exact) mass is 359 g/mol. The molecule has 3 rings (SSSR count). The molecule has 0 atom stereocenters. The summed E-state index contributed by atoms with van der Waals surface area (Å²) in [6, 6.07) is 8.29. The van der Waals surface area contributed by atoms with Crippen LogP contribution in [0.1, 0.15) is 21.8 Å². The fourth-order valence-electron chi connectivity index (χ4n) is 2.24. The van der Waals surface area contributed by atoms with Gasteiger partial charge < -0.3 is 14.2 Å². The number of nitrogens with zero attached hydrogens (tertiary/aromatic N) is 3. The van der Waals surface area contributed by atoms with Crippen LogP contribution in [-0.2, 0) is 13.2 Å². The minimum Gasteiger partial charge on any atom is -0.485 e. The van der Waals surface area contributed by atoms with Crippen molar-refractivity contribution in [2.24, 2.45) is 0 Å². The Morgan fingerprint density at radius 2 is 2.08 bits per heavy atom. The highest BCUT2D eigenvalue weighted by Gasteiger charge is 2.17. The molecule has 6 nitrogen and oxygen atoms in total. The number of ether oxygens (including phenoxy) is 1. The predicted octanol–water partition coefficient (Wildman–Crippen LogP) is 3.20. The third-order valence-electron chi connectivity index (χ3n) is 3.54. The van der Waals surface area contributed by atoms with E-state index in [0.717, 1.165) is 17.7 Å². The Labute approximate surface area is 148 Å². The molecular formula is C18H15F2N3O3. The van der Waals surface area contributed by atoms with E-state index in [4.69, 9.17) is 9.26 Å². The van der Waals surface area contributed by atoms with E-state index >= 15 is 0 Å². The van der Waals surface area contributed by atoms with E-state index in [-0.39, 0.29) is 29.7 Å². The fourth-order valence-corrected chi connectivity index (χ4v) is 2.24. The van der Waals surface area contributed by atoms with Crippen LogP contribution in [0.5, 0.6) is 5.75 Å². The van der Waals surface area contributed by atoms with Crippen LogP contribution >= 0.6 is 0 Å². The Hall–Kier alpha value is -3.29. The van der Waals surface area contributed by atoms with Gasteiger partial charge in [0.2, 0.25) is 0 Å². The molecule has 1 amide bonds. The van der Waals surface area contributed by atoms with Gasteiger partial charge in [0.05, 0.1) is 0 Å². The Balaban J connectivity index is 1.59. The lowest BCUT2D eigenvalue weighted by molar-refractivity contribution is 0.0774. The van der Waals surface area contributed by atoms with Gasteiger partial charge in [0.15, 0.2) is 23.1 Å². The molecule has 0 saturated heterocycles. The van der Waals surface area contributed by atoms with Gasteiger partial charge in [0, 0.05) is 38.1 Å². The van der Waals surface area contributed by atoms with Crippen molar-refractivity contribution in [1.82, 2.24) is 15.0 Å². The van der Waals surface area contributed by atoms with Crippen LogP contribution in [0.15, 0.2) is 53.3 Å². The molecule has 0 aliphatic carbocycles. The van der Waals surface area contributed by atoms with Crippen molar-refractivity contribution in [2.45, 2.75) is 13.2 Å². The molecule has 3 aromatic rings. The smallest absolute Gasteiger partial charge is 0.276 e. The summed E-state index contributed by atoms with van der Waals surface area (Å²) in [5, 5.41) is 3.73. The van der Waals surface area contributed by atoms with Crippen LogP contribution in [-0.4, -0.2) is 28.0 Å². The van der Waals surface area contributed by atoms with Crippen molar-refractivity contribution in [1.29, 1.82) is 0 Å². The van der Waals surface area contributed by atoms with Gasteiger partial charge in [-0.3, -0.25) is 9.78 Å². The van der Waals surface area contributed by atoms with Crippen molar-refractivity contribution in [3.05, 3.63) is 77.4 Å². The Morgan fingerprint density at radius 3 is 2.81 bits per heavy atom. The van der Waals surface area contributed by atoms with E-state index in [0.29, 0.717) is 6.54 Å². The highest BCUT2D eigenvalue weighted by atomic mass is 19.2. The van der Waals surface area contributed by atoms with Gasteiger partial charge in [-0.15, -0.1) is 0 Å². The average molecular weight is 359 g/mol. The Bertz CT molecular complexity index is 900. The molecule has 1 aromatic carbocycles. The molecular weight excluding hydrogens is 344 g/mol. The first-order valence-corrected chi connectivity index (χ1v) is 7.71. The molecule has 0 bridgehead atoms. The zero-order valence-electron chi connectivity index (χ0n) is 13.9. The minimum atomic E-state index is -1.01. The van der Waals surface area contributed by atoms with Gasteiger partial charge >= 0.3 is 0 Å². The number of benzene rings is 1. The molecule has 0 aliphatic rings. The van der Waals surface area contributed by atoms with Crippen molar-refractivity contribution in [2.75, 3.05) is 7.05 Å². The van der Waals surface area contributed by atoms with Crippen LogP contribution in [0, 0.1) is 11.6 Å². The number of hydrogen-bond donors (Lipinski definition) is 0. The first kappa shape index (κ1) is 17.5. The summed E-state index contributed by atoms with van der Waals surface area (Å²) in [6.07, 6.45) is 3.33. The molecule has 0 radical (unpaired) electrons. The van der Waals surface area contributed by atoms with Crippen LogP contribution < -0.4 is 4.74 Å². The number of aromatic nitrogens is 2. The number of pyridine rings is 1. The highest BCUT2D eigenvalue weighted by molar-refractivity contribution is 5.92. The second-order valence-corrected chi connectivity index (χ2v) is 5.57. The third-order valence-corrected chi connectivity index (χ3v) is 3.54. The van der Waals surface area contributed by atoms with Gasteiger partial charge in [-0.2, -0.15) is 0 Å². The van der Waals surface area contributed by atoms with E-state index in [2.05, 4.69) is 10.1 Å². The standard InChI is InChI=1S/C18H15F2N3O3/c1-23(10-12-3-2-6-21-9-12)18(24)17-8-14(26-22-17)11-25-13-4-5-15(19)16(20)7-13/h2-9H,10-11H2,1H3. The first-order chi connectivity index (χ1) is 12.5. The third kappa shape index (κ3) is 4.21. The number of hydrogen-bond acceptors (Lipinski definition) is 5. The second kappa shape index (κ2) is 7.73. The van der Waals surface area contributed by atoms with E-state index in [9.17, 15) is 13.6 Å². The number of carbonyl (C=O) groups is 1. The molecule has 2 heterocycles. The molecule has 2 aromatic heterocycles. The zero-order valence-corrected chi connectivity index (χ0v) is 13.9. The molecule has 0 aliphatic heterocycles. The maximum atomic E-state index is 13.1. The lowest BCUT2D eigenvalue weighted by atomic mass is 10.2. The summed E-state index contributed by atoms with van der Waals surface area (Å²) in [7, 11) is 1.64. The lowest BCUT2D eigenvalue weighted by Gasteiger charge is -2.15. The SMILES string of the molecule is CN(Cc1cccnc1)C(=O)c1cc(COc2ccc(F)c(F)c2)on1. The molecule has 134 valence electrons. The summed E-state index contributed by atoms with van der Waals surface area (Å²) in [4.78, 5) is 17.9. The van der Waals surface area contributed by atoms with Crippen LogP contribution in [0.2, 0.25) is 0 Å². The lowest BCUT2D eigenvalue weighted by Crippen LogP contribution is -2.26. The number of rotatable bonds is 6. The van der Waals surface area contributed by atoms with E-state index in [1.54, 1.807) is 25.5 Å². The summed E-state index contributed by atoms with van der Waals surface area (Å²) < 4.78 is 36.4. The zero-order chi connectivity index (χ0) is 18.5. The molecule has 0 unspecified atom stereocenters. The largest absolute Gasteiger partial charge is 0.485 e. The van der Waals surface area contributed by atoms with Crippen molar-refractivity contribution >= 4 is 5.91 Å². The average Bonchev–Trinajstić information content (AvgIpc) is 3.12. The number of amides is 1. The van der Waals surface area contributed by atoms with Crippen LogP contribution in [0.4, 0.5) is 8.78 Å². The Kier molecular flexibility index (Phi) is 5.21. The van der Waals surface area contributed by atoms with E-state index in [1.807, 2.05) is 6.07 Å². The van der Waals surface area contributed by atoms with Gasteiger partial charge in [0.1, 0.15) is 12.4 Å². The Morgan fingerprint density at radius 1 is 1.23 bits per heavy atom. The van der Waals surface area contributed by atoms with Crippen molar-refractivity contribution in [3.63, 3.8) is 0 Å². The summed E-state index contributed by atoms with van der Waals surface area (Å²) in [5.41, 5.74) is 1.01. The normalized spacial score (nSPS) is 10.6. The number of halogens is 2. The molecule has 0 spiro atoms. The van der Waals surface area contributed by atoms with Gasteiger partial charge in [-0.25, -0.2) is 8.78 Å². The topological polar surface area (TPSA) is 68.5 Å². The molecule has 0 saturated carbocycles. The second-order valence-electron chi connectivity index (χ2n) is 5.57. The van der Waals surface area contributed by atoms with E-state index < -0.39 is 11.6 Å². The van der Waals surface area contributed by atoms with Crippen molar-refractivity contribution in [3.8, 4) is 5.75 Å². The minimum absolute atomic E-state index is 0.0718. The molecule has 26 heavy (non-hydrogen) atoms. The summed E-state index contributed by atoms with van der Waals surface area (Å²) in [6.45, 7) is 0.303. The maximum absolute atomic E-state index is 13.1. The fraction of sp³-hybridized carbons (Fsp3) is 0.167. The van der Waals surface area contributed by atoms with Gasteiger partial charge in [-0.1, -0.05) is 11.2 Å². The quantitative estimate of drug-likeness (QED) is 0.676. The predicted molar refractivity (Wildman–Crippen MR) is 87.2 cm³/mol. The first-order valence-electron chi connectivity index (χ1n) is 7.71. The summed E-state index contributed by atoms with van der Waals surface area (Å²) >= 11 is 0. The highest BCUT2D eigenvalue weighted by Crippen LogP contribution is 2.17. The number of carbonyl (C=O) groups excluding carboxylic acids is 1. The summed E-state index contributed by atoms with van der Waals surface area (Å²) in [5.74, 6) is -1.86.